The highest BCUT2D eigenvalue weighted by atomic mass is 19.4. The number of benzene rings is 3. The van der Waals surface area contributed by atoms with Crippen LogP contribution in [0.4, 0.5) is 43.9 Å². The first-order valence-electron chi connectivity index (χ1n) is 15.3. The summed E-state index contributed by atoms with van der Waals surface area (Å²) in [5, 5.41) is 0. The molecule has 0 aliphatic rings. The van der Waals surface area contributed by atoms with E-state index in [4.69, 9.17) is 8.83 Å². The minimum atomic E-state index is -6.00. The molecule has 3 aromatic carbocycles. The van der Waals surface area contributed by atoms with Crippen LogP contribution >= 0.6 is 0 Å². The number of oxazole rings is 2. The Bertz CT molecular complexity index is 1990. The van der Waals surface area contributed by atoms with Gasteiger partial charge in [-0.3, -0.25) is 0 Å². The van der Waals surface area contributed by atoms with Gasteiger partial charge in [-0.25, -0.2) is 18.7 Å². The van der Waals surface area contributed by atoms with E-state index in [-0.39, 0.29) is 23.4 Å². The van der Waals surface area contributed by atoms with E-state index < -0.39 is 79.7 Å². The third-order valence-electron chi connectivity index (χ3n) is 9.54. The number of aromatic nitrogens is 2. The molecule has 0 spiro atoms. The quantitative estimate of drug-likeness (QED) is 0.144. The second-order valence-corrected chi connectivity index (χ2v) is 13.4. The number of fused-ring (bicyclic) bond motifs is 2. The van der Waals surface area contributed by atoms with Crippen LogP contribution in [0.2, 0.25) is 0 Å². The molecule has 5 aromatic rings. The number of alkyl halides is 10. The third kappa shape index (κ3) is 5.64. The normalized spacial score (nSPS) is 14.3. The summed E-state index contributed by atoms with van der Waals surface area (Å²) in [6, 6.07) is 7.14. The average molecular weight is 703 g/mol. The van der Waals surface area contributed by atoms with E-state index >= 15 is 17.6 Å². The molecule has 14 heteroatoms. The Morgan fingerprint density at radius 1 is 0.551 bits per heavy atom. The van der Waals surface area contributed by atoms with Crippen LogP contribution in [0.25, 0.3) is 22.2 Å². The molecule has 0 aliphatic carbocycles. The molecule has 49 heavy (non-hydrogen) atoms. The zero-order valence-corrected chi connectivity index (χ0v) is 27.2. The van der Waals surface area contributed by atoms with Gasteiger partial charge in [-0.05, 0) is 54.3 Å². The Balaban J connectivity index is 1.66. The van der Waals surface area contributed by atoms with Gasteiger partial charge >= 0.3 is 18.3 Å². The van der Waals surface area contributed by atoms with Gasteiger partial charge in [-0.2, -0.15) is 35.1 Å². The van der Waals surface area contributed by atoms with E-state index in [9.17, 15) is 26.3 Å². The van der Waals surface area contributed by atoms with Crippen molar-refractivity contribution >= 4 is 22.2 Å². The summed E-state index contributed by atoms with van der Waals surface area (Å²) in [7, 11) is 0. The topological polar surface area (TPSA) is 52.1 Å². The number of rotatable bonds is 9. The zero-order chi connectivity index (χ0) is 36.6. The summed E-state index contributed by atoms with van der Waals surface area (Å²) < 4.78 is 162. The van der Waals surface area contributed by atoms with Crippen LogP contribution in [0, 0.1) is 5.41 Å². The Hall–Kier alpha value is -4.10. The molecule has 0 radical (unpaired) electrons. The van der Waals surface area contributed by atoms with Crippen molar-refractivity contribution in [2.75, 3.05) is 0 Å². The number of hydrogen-bond acceptors (Lipinski definition) is 4. The predicted molar refractivity (Wildman–Crippen MR) is 162 cm³/mol. The van der Waals surface area contributed by atoms with Gasteiger partial charge in [0.05, 0.1) is 0 Å². The summed E-state index contributed by atoms with van der Waals surface area (Å²) in [6.07, 6.45) is -11.5. The van der Waals surface area contributed by atoms with E-state index in [2.05, 4.69) is 9.97 Å². The van der Waals surface area contributed by atoms with Gasteiger partial charge in [0.15, 0.2) is 11.2 Å². The van der Waals surface area contributed by atoms with Gasteiger partial charge in [0, 0.05) is 22.0 Å². The lowest BCUT2D eigenvalue weighted by atomic mass is 9.72. The van der Waals surface area contributed by atoms with Crippen LogP contribution in [0.15, 0.2) is 69.5 Å². The van der Waals surface area contributed by atoms with Gasteiger partial charge in [-0.15, -0.1) is 0 Å². The van der Waals surface area contributed by atoms with Crippen LogP contribution in [0.5, 0.6) is 0 Å². The fourth-order valence-electron chi connectivity index (χ4n) is 5.52. The van der Waals surface area contributed by atoms with Crippen molar-refractivity contribution in [1.29, 1.82) is 0 Å². The zero-order valence-electron chi connectivity index (χ0n) is 27.2. The van der Waals surface area contributed by atoms with Gasteiger partial charge in [0.25, 0.3) is 11.8 Å². The minimum absolute atomic E-state index is 0.00987. The SMILES string of the molecule is CCC(C)(C)c1nc2cc(C(c3ccc4oc(C(F)(F)c5cccc(C(F)(F)C(C)(C)CC)c5)nc4c3)(C(F)(F)F)C(F)(F)F)ccc2o1. The molecule has 2 aromatic heterocycles. The monoisotopic (exact) mass is 702 g/mol. The molecule has 0 bridgehead atoms. The van der Waals surface area contributed by atoms with Gasteiger partial charge in [0.2, 0.25) is 11.3 Å². The van der Waals surface area contributed by atoms with E-state index in [1.165, 1.54) is 20.8 Å². The molecular weight excluding hydrogens is 670 g/mol. The fraction of sp³-hybridized carbons (Fsp3) is 0.429. The summed E-state index contributed by atoms with van der Waals surface area (Å²) in [5.41, 5.74) is -12.8. The van der Waals surface area contributed by atoms with E-state index in [0.29, 0.717) is 42.8 Å². The second kappa shape index (κ2) is 11.5. The van der Waals surface area contributed by atoms with Crippen LogP contribution in [0.1, 0.15) is 88.4 Å². The highest BCUT2D eigenvalue weighted by molar-refractivity contribution is 5.77. The van der Waals surface area contributed by atoms with E-state index in [1.54, 1.807) is 13.8 Å². The largest absolute Gasteiger partial charge is 0.440 e. The Labute approximate surface area is 274 Å². The van der Waals surface area contributed by atoms with Crippen LogP contribution < -0.4 is 0 Å². The lowest BCUT2D eigenvalue weighted by Crippen LogP contribution is -2.54. The highest BCUT2D eigenvalue weighted by Crippen LogP contribution is 2.57. The van der Waals surface area contributed by atoms with Crippen LogP contribution in [-0.4, -0.2) is 22.3 Å². The molecule has 264 valence electrons. The van der Waals surface area contributed by atoms with E-state index in [0.717, 1.165) is 24.3 Å². The molecule has 0 unspecified atom stereocenters. The Morgan fingerprint density at radius 3 is 1.49 bits per heavy atom. The predicted octanol–water partition coefficient (Wildman–Crippen LogP) is 11.7. The molecular formula is C35H32F10N2O2. The minimum Gasteiger partial charge on any atom is -0.440 e. The summed E-state index contributed by atoms with van der Waals surface area (Å²) in [6.45, 7) is 9.36. The van der Waals surface area contributed by atoms with Crippen LogP contribution in [-0.2, 0) is 22.7 Å². The van der Waals surface area contributed by atoms with Gasteiger partial charge < -0.3 is 8.83 Å². The molecule has 0 fully saturated rings. The van der Waals surface area contributed by atoms with Crippen molar-refractivity contribution in [3.05, 3.63) is 94.7 Å². The molecule has 0 amide bonds. The molecule has 4 nitrogen and oxygen atoms in total. The van der Waals surface area contributed by atoms with Crippen molar-refractivity contribution in [3.63, 3.8) is 0 Å². The summed E-state index contributed by atoms with van der Waals surface area (Å²) >= 11 is 0. The van der Waals surface area contributed by atoms with Crippen molar-refractivity contribution in [3.8, 4) is 0 Å². The second-order valence-electron chi connectivity index (χ2n) is 13.4. The first kappa shape index (κ1) is 36.2. The lowest BCUT2D eigenvalue weighted by molar-refractivity contribution is -0.288. The standard InChI is InChI=1S/C35H32F10N2O2/c1-7-29(3,4)27-46-23-17-19(12-14-25(23)48-27)31(34(40,41)42,35(43,44)45)20-13-15-26-24(18-20)47-28(49-26)32(36,37)21-10-9-11-22(16-21)33(38,39)30(5,6)8-2/h9-18H,7-8H2,1-6H3. The maximum absolute atomic E-state index is 15.7. The Morgan fingerprint density at radius 2 is 1.02 bits per heavy atom. The molecule has 0 aliphatic heterocycles. The first-order chi connectivity index (χ1) is 22.4. The van der Waals surface area contributed by atoms with Crippen molar-refractivity contribution in [1.82, 2.24) is 9.97 Å². The first-order valence-corrected chi connectivity index (χ1v) is 15.3. The Kier molecular flexibility index (Phi) is 8.48. The number of halogens is 10. The number of hydrogen-bond donors (Lipinski definition) is 0. The van der Waals surface area contributed by atoms with Gasteiger partial charge in [-0.1, -0.05) is 71.9 Å². The highest BCUT2D eigenvalue weighted by Gasteiger charge is 2.72. The van der Waals surface area contributed by atoms with E-state index in [1.807, 2.05) is 6.92 Å². The fourth-order valence-corrected chi connectivity index (χ4v) is 5.52. The molecule has 0 saturated carbocycles. The smallest absolute Gasteiger partial charge is 0.411 e. The lowest BCUT2D eigenvalue weighted by Gasteiger charge is -2.38. The number of nitrogens with zero attached hydrogens (tertiary/aromatic N) is 2. The van der Waals surface area contributed by atoms with Crippen LogP contribution in [0.3, 0.4) is 0 Å². The average Bonchev–Trinajstić information content (AvgIpc) is 3.65. The summed E-state index contributed by atoms with van der Waals surface area (Å²) in [5.74, 6) is -9.03. The maximum Gasteiger partial charge on any atom is 0.411 e. The summed E-state index contributed by atoms with van der Waals surface area (Å²) in [4.78, 5) is 7.75. The van der Waals surface area contributed by atoms with Crippen molar-refractivity contribution in [2.24, 2.45) is 5.41 Å². The van der Waals surface area contributed by atoms with Crippen molar-refractivity contribution in [2.45, 2.75) is 89.4 Å². The maximum atomic E-state index is 15.7. The molecule has 0 atom stereocenters. The van der Waals surface area contributed by atoms with Crippen molar-refractivity contribution < 1.29 is 52.7 Å². The molecule has 2 heterocycles. The molecule has 0 saturated heterocycles. The third-order valence-corrected chi connectivity index (χ3v) is 9.54. The molecule has 0 N–H and O–H groups in total. The van der Waals surface area contributed by atoms with Gasteiger partial charge in [0.1, 0.15) is 11.0 Å². The molecule has 5 rings (SSSR count).